The molecule has 0 radical (unpaired) electrons. The summed E-state index contributed by atoms with van der Waals surface area (Å²) in [4.78, 5) is 0. The average Bonchev–Trinajstić information content (AvgIpc) is 1.78. The van der Waals surface area contributed by atoms with E-state index in [-0.39, 0.29) is 0 Å². The van der Waals surface area contributed by atoms with Crippen LogP contribution in [0.15, 0.2) is 0 Å². The zero-order chi connectivity index (χ0) is 6.27. The summed E-state index contributed by atoms with van der Waals surface area (Å²) in [5.74, 6) is 0. The lowest BCUT2D eigenvalue weighted by atomic mass is 10.9. The van der Waals surface area contributed by atoms with Crippen LogP contribution < -0.4 is 0 Å². The van der Waals surface area contributed by atoms with Gasteiger partial charge in [0.25, 0.3) is 0 Å². The quantitative estimate of drug-likeness (QED) is 0.349. The lowest BCUT2D eigenvalue weighted by Crippen LogP contribution is -2.46. The molecule has 0 aromatic heterocycles. The summed E-state index contributed by atoms with van der Waals surface area (Å²) in [6, 6.07) is 0. The second kappa shape index (κ2) is 1.91. The Bertz CT molecular complexity index is 116. The molecule has 0 saturated carbocycles. The van der Waals surface area contributed by atoms with E-state index in [2.05, 4.69) is 15.8 Å². The molecule has 0 aromatic rings. The molecule has 52 valence electrons. The zero-order valence-electron chi connectivity index (χ0n) is 4.96. The van der Waals surface area contributed by atoms with Crippen LogP contribution in [0.2, 0.25) is 0 Å². The second-order valence-electron chi connectivity index (χ2n) is 2.00. The van der Waals surface area contributed by atoms with Crippen molar-refractivity contribution in [2.24, 2.45) is 0 Å². The van der Waals surface area contributed by atoms with E-state index in [4.69, 9.17) is 9.47 Å². The molecule has 0 amide bonds. The van der Waals surface area contributed by atoms with Gasteiger partial charge >= 0.3 is 6.79 Å². The Labute approximate surface area is 53.3 Å². The summed E-state index contributed by atoms with van der Waals surface area (Å²) in [5.41, 5.74) is 0. The largest absolute Gasteiger partial charge is 0.491 e. The Morgan fingerprint density at radius 3 is 2.56 bits per heavy atom. The predicted molar refractivity (Wildman–Crippen MR) is 27.5 cm³/mol. The standard InChI is InChI=1S/C5H8O4/c1-8-2-6-5-7-3-9(5)4-8/h1-4H2. The summed E-state index contributed by atoms with van der Waals surface area (Å²) in [5, 5.41) is 0. The molecule has 2 saturated heterocycles. The Balaban J connectivity index is 1.92. The summed E-state index contributed by atoms with van der Waals surface area (Å²) in [6.45, 7) is 2.16. The molecule has 0 N–H and O–H groups in total. The normalized spacial score (nSPS) is 31.7. The SMILES string of the molecule is [CH2-][O+]1CO[C-]2OC[O+]2C1. The van der Waals surface area contributed by atoms with Crippen LogP contribution in [0.3, 0.4) is 0 Å². The van der Waals surface area contributed by atoms with Crippen LogP contribution in [0, 0.1) is 13.6 Å². The maximum Gasteiger partial charge on any atom is 0.306 e. The first-order valence-corrected chi connectivity index (χ1v) is 2.63. The van der Waals surface area contributed by atoms with Crippen LogP contribution in [-0.4, -0.2) is 20.4 Å². The van der Waals surface area contributed by atoms with Crippen molar-refractivity contribution in [3.05, 3.63) is 13.6 Å². The molecule has 4 nitrogen and oxygen atoms in total. The minimum atomic E-state index is 0.429. The van der Waals surface area contributed by atoms with Gasteiger partial charge in [-0.15, -0.1) is 0 Å². The predicted octanol–water partition coefficient (Wildman–Crippen LogP) is 0.262. The Morgan fingerprint density at radius 1 is 1.33 bits per heavy atom. The third-order valence-corrected chi connectivity index (χ3v) is 1.21. The van der Waals surface area contributed by atoms with Gasteiger partial charge in [0.15, 0.2) is 0 Å². The third-order valence-electron chi connectivity index (χ3n) is 1.21. The molecule has 0 bridgehead atoms. The molecule has 2 rings (SSSR count). The third kappa shape index (κ3) is 0.840. The van der Waals surface area contributed by atoms with E-state index in [0.717, 1.165) is 0 Å². The molecule has 0 unspecified atom stereocenters. The molecule has 0 spiro atoms. The van der Waals surface area contributed by atoms with E-state index in [1.54, 1.807) is 0 Å². The fourth-order valence-corrected chi connectivity index (χ4v) is 0.764. The van der Waals surface area contributed by atoms with Crippen LogP contribution in [0.25, 0.3) is 0 Å². The molecule has 0 aliphatic carbocycles. The maximum absolute atomic E-state index is 5.00. The van der Waals surface area contributed by atoms with Crippen molar-refractivity contribution >= 4 is 0 Å². The second-order valence-corrected chi connectivity index (χ2v) is 2.00. The van der Waals surface area contributed by atoms with Gasteiger partial charge in [0.2, 0.25) is 20.1 Å². The Morgan fingerprint density at radius 2 is 2.11 bits per heavy atom. The van der Waals surface area contributed by atoms with E-state index in [1.165, 1.54) is 0 Å². The fraction of sp³-hybridized carbons (Fsp3) is 0.600. The van der Waals surface area contributed by atoms with E-state index in [0.29, 0.717) is 26.9 Å². The molecule has 9 heavy (non-hydrogen) atoms. The van der Waals surface area contributed by atoms with E-state index in [9.17, 15) is 0 Å². The van der Waals surface area contributed by atoms with Gasteiger partial charge in [-0.1, -0.05) is 7.11 Å². The molecule has 2 aliphatic rings. The van der Waals surface area contributed by atoms with Crippen LogP contribution >= 0.6 is 0 Å². The topological polar surface area (TPSA) is 23.9 Å². The highest BCUT2D eigenvalue weighted by molar-refractivity contribution is 4.63. The lowest BCUT2D eigenvalue weighted by molar-refractivity contribution is -0.538. The summed E-state index contributed by atoms with van der Waals surface area (Å²) < 4.78 is 15.1. The van der Waals surface area contributed by atoms with Crippen molar-refractivity contribution in [3.63, 3.8) is 0 Å². The van der Waals surface area contributed by atoms with Gasteiger partial charge in [-0.25, -0.2) is 0 Å². The van der Waals surface area contributed by atoms with Crippen LogP contribution in [0.1, 0.15) is 0 Å². The first-order chi connectivity index (χ1) is 4.36. The molecule has 2 heterocycles. The molecule has 2 aliphatic heterocycles. The molecular weight excluding hydrogens is 124 g/mol. The van der Waals surface area contributed by atoms with Crippen LogP contribution in [0.4, 0.5) is 0 Å². The highest BCUT2D eigenvalue weighted by atomic mass is 17.1. The number of hydrogen-bond acceptors (Lipinski definition) is 2. The monoisotopic (exact) mass is 132 g/mol. The first kappa shape index (κ1) is 5.61. The molecule has 0 aromatic carbocycles. The minimum Gasteiger partial charge on any atom is -0.491 e. The number of ether oxygens (including phenoxy) is 2. The number of rotatable bonds is 0. The van der Waals surface area contributed by atoms with Crippen molar-refractivity contribution in [2.75, 3.05) is 20.4 Å². The van der Waals surface area contributed by atoms with Gasteiger partial charge in [-0.05, 0) is 0 Å². The van der Waals surface area contributed by atoms with Gasteiger partial charge in [0, 0.05) is 0 Å². The smallest absolute Gasteiger partial charge is 0.306 e. The van der Waals surface area contributed by atoms with Crippen molar-refractivity contribution in [1.29, 1.82) is 0 Å². The zero-order valence-corrected chi connectivity index (χ0v) is 4.96. The van der Waals surface area contributed by atoms with E-state index >= 15 is 0 Å². The van der Waals surface area contributed by atoms with Gasteiger partial charge in [0.05, 0.1) is 0 Å². The molecule has 2 fully saturated rings. The molecule has 4 heteroatoms. The lowest BCUT2D eigenvalue weighted by Gasteiger charge is -2.50. The highest BCUT2D eigenvalue weighted by Gasteiger charge is 2.32. The Hall–Kier alpha value is -0.160. The first-order valence-electron chi connectivity index (χ1n) is 2.63. The summed E-state index contributed by atoms with van der Waals surface area (Å²) >= 11 is 0. The van der Waals surface area contributed by atoms with E-state index < -0.39 is 0 Å². The van der Waals surface area contributed by atoms with Crippen molar-refractivity contribution in [3.8, 4) is 0 Å². The van der Waals surface area contributed by atoms with Crippen molar-refractivity contribution < 1.29 is 18.2 Å². The van der Waals surface area contributed by atoms with Crippen LogP contribution in [-0.2, 0) is 18.2 Å². The maximum atomic E-state index is 5.00. The van der Waals surface area contributed by atoms with Gasteiger partial charge in [-0.2, -0.15) is 0 Å². The van der Waals surface area contributed by atoms with Crippen molar-refractivity contribution in [2.45, 2.75) is 0 Å². The molecule has 0 atom stereocenters. The van der Waals surface area contributed by atoms with Crippen LogP contribution in [0.5, 0.6) is 0 Å². The minimum absolute atomic E-state index is 0.429. The number of fused-ring (bicyclic) bond motifs is 1. The van der Waals surface area contributed by atoms with Crippen molar-refractivity contribution in [1.82, 2.24) is 0 Å². The summed E-state index contributed by atoms with van der Waals surface area (Å²) in [7, 11) is 3.61. The number of hydrogen-bond donors (Lipinski definition) is 0. The highest BCUT2D eigenvalue weighted by Crippen LogP contribution is 2.32. The van der Waals surface area contributed by atoms with Gasteiger partial charge < -0.3 is 18.2 Å². The fourth-order valence-electron chi connectivity index (χ4n) is 0.764. The average molecular weight is 132 g/mol. The van der Waals surface area contributed by atoms with Gasteiger partial charge in [-0.3, -0.25) is 0 Å². The molecular formula is C5H8O4. The van der Waals surface area contributed by atoms with E-state index in [1.807, 2.05) is 0 Å². The summed E-state index contributed by atoms with van der Waals surface area (Å²) in [6.07, 6.45) is 0. The Kier molecular flexibility index (Phi) is 1.19. The van der Waals surface area contributed by atoms with Gasteiger partial charge in [0.1, 0.15) is 0 Å².